The van der Waals surface area contributed by atoms with Crippen molar-refractivity contribution >= 4 is 46.1 Å². The van der Waals surface area contributed by atoms with Crippen molar-refractivity contribution in [1.29, 1.82) is 5.26 Å². The summed E-state index contributed by atoms with van der Waals surface area (Å²) >= 11 is 6.81. The number of rotatable bonds is 7. The lowest BCUT2D eigenvalue weighted by atomic mass is 10.0. The lowest BCUT2D eigenvalue weighted by Crippen LogP contribution is -2.37. The van der Waals surface area contributed by atoms with Crippen molar-refractivity contribution in [2.24, 2.45) is 0 Å². The number of aromatic nitrogens is 1. The molecule has 0 radical (unpaired) electrons. The lowest BCUT2D eigenvalue weighted by molar-refractivity contribution is -0.123. The Labute approximate surface area is 200 Å². The minimum Gasteiger partial charge on any atom is -0.357 e. The number of nitrogens with zero attached hydrogens (tertiary/aromatic N) is 4. The number of nitriles is 1. The molecule has 1 unspecified atom stereocenters. The van der Waals surface area contributed by atoms with Gasteiger partial charge in [0.05, 0.1) is 4.91 Å². The van der Waals surface area contributed by atoms with Gasteiger partial charge in [0.15, 0.2) is 0 Å². The fraction of sp³-hybridized carbons (Fsp3) is 0.583. The van der Waals surface area contributed by atoms with E-state index < -0.39 is 0 Å². The molecular weight excluding hydrogens is 440 g/mol. The summed E-state index contributed by atoms with van der Waals surface area (Å²) in [5.74, 6) is 0.747. The second kappa shape index (κ2) is 10.7. The highest BCUT2D eigenvalue weighted by atomic mass is 32.2. The Kier molecular flexibility index (Phi) is 8.18. The van der Waals surface area contributed by atoms with E-state index in [2.05, 4.69) is 17.9 Å². The van der Waals surface area contributed by atoms with Crippen LogP contribution in [0.5, 0.6) is 0 Å². The van der Waals surface area contributed by atoms with Crippen LogP contribution in [0.3, 0.4) is 0 Å². The monoisotopic (exact) mass is 472 g/mol. The number of thioether (sulfide) groups is 1. The number of pyridine rings is 1. The van der Waals surface area contributed by atoms with Crippen molar-refractivity contribution in [2.75, 3.05) is 18.0 Å². The van der Waals surface area contributed by atoms with Crippen LogP contribution in [0.2, 0.25) is 0 Å². The summed E-state index contributed by atoms with van der Waals surface area (Å²) in [4.78, 5) is 31.0. The lowest BCUT2D eigenvalue weighted by Gasteiger charge is -2.33. The molecule has 3 heterocycles. The van der Waals surface area contributed by atoms with Gasteiger partial charge < -0.3 is 4.90 Å². The fourth-order valence-corrected chi connectivity index (χ4v) is 5.73. The number of hydrogen-bond acceptors (Lipinski definition) is 6. The van der Waals surface area contributed by atoms with E-state index in [1.807, 2.05) is 26.8 Å². The van der Waals surface area contributed by atoms with Crippen molar-refractivity contribution < 1.29 is 4.79 Å². The number of amides is 1. The van der Waals surface area contributed by atoms with Gasteiger partial charge in [-0.1, -0.05) is 44.2 Å². The number of hydrogen-bond donors (Lipinski definition) is 0. The molecule has 2 fully saturated rings. The number of thiocarbonyl (C=S) groups is 1. The van der Waals surface area contributed by atoms with Crippen LogP contribution in [0.15, 0.2) is 9.70 Å². The minimum absolute atomic E-state index is 0.0317. The van der Waals surface area contributed by atoms with E-state index in [9.17, 15) is 14.9 Å². The van der Waals surface area contributed by atoms with Gasteiger partial charge in [0.25, 0.3) is 11.5 Å². The van der Waals surface area contributed by atoms with Crippen LogP contribution in [-0.2, 0) is 11.3 Å². The molecule has 1 aromatic heterocycles. The number of carbonyl (C=O) groups is 1. The predicted octanol–water partition coefficient (Wildman–Crippen LogP) is 4.82. The molecule has 3 rings (SSSR count). The SMILES string of the molecule is CCCCn1c(N2CCCCC2)c(/C=C2/SC(=S)N(C(C)CC)C2=O)c(C)c(C#N)c1=O. The highest BCUT2D eigenvalue weighted by Crippen LogP contribution is 2.37. The van der Waals surface area contributed by atoms with Crippen LogP contribution in [-0.4, -0.2) is 38.8 Å². The highest BCUT2D eigenvalue weighted by molar-refractivity contribution is 8.26. The van der Waals surface area contributed by atoms with Gasteiger partial charge in [-0.05, 0) is 57.6 Å². The summed E-state index contributed by atoms with van der Waals surface area (Å²) in [6.07, 6.45) is 7.79. The quantitative estimate of drug-likeness (QED) is 0.419. The maximum absolute atomic E-state index is 13.3. The van der Waals surface area contributed by atoms with E-state index in [-0.39, 0.29) is 23.1 Å². The Morgan fingerprint density at radius 1 is 1.22 bits per heavy atom. The van der Waals surface area contributed by atoms with Crippen molar-refractivity contribution in [3.63, 3.8) is 0 Å². The molecule has 0 N–H and O–H groups in total. The standard InChI is InChI=1S/C24H32N4O2S2/c1-5-7-13-27-21(26-11-9-8-10-12-26)18(17(4)19(15-25)22(27)29)14-20-23(30)28(16(3)6-2)24(31)32-20/h14,16H,5-13H2,1-4H3/b20-14+. The molecule has 0 aromatic carbocycles. The molecule has 1 amide bonds. The topological polar surface area (TPSA) is 69.3 Å². The molecule has 172 valence electrons. The van der Waals surface area contributed by atoms with Crippen molar-refractivity contribution in [1.82, 2.24) is 9.47 Å². The Morgan fingerprint density at radius 2 is 1.91 bits per heavy atom. The normalized spacial score (nSPS) is 19.0. The van der Waals surface area contributed by atoms with Gasteiger partial charge in [0.2, 0.25) is 0 Å². The molecule has 0 bridgehead atoms. The molecule has 8 heteroatoms. The van der Waals surface area contributed by atoms with Gasteiger partial charge in [0.1, 0.15) is 21.8 Å². The summed E-state index contributed by atoms with van der Waals surface area (Å²) in [6.45, 7) is 10.2. The van der Waals surface area contributed by atoms with Crippen molar-refractivity contribution in [3.05, 3.63) is 31.9 Å². The first-order valence-corrected chi connectivity index (χ1v) is 12.8. The summed E-state index contributed by atoms with van der Waals surface area (Å²) < 4.78 is 2.33. The third kappa shape index (κ3) is 4.65. The predicted molar refractivity (Wildman–Crippen MR) is 136 cm³/mol. The first-order valence-electron chi connectivity index (χ1n) is 11.5. The van der Waals surface area contributed by atoms with Gasteiger partial charge in [-0.25, -0.2) is 0 Å². The first kappa shape index (κ1) is 24.5. The molecule has 2 aliphatic rings. The van der Waals surface area contributed by atoms with Gasteiger partial charge in [-0.15, -0.1) is 0 Å². The van der Waals surface area contributed by atoms with E-state index in [0.717, 1.165) is 56.6 Å². The molecule has 1 atom stereocenters. The summed E-state index contributed by atoms with van der Waals surface area (Å²) in [5, 5.41) is 9.78. The van der Waals surface area contributed by atoms with Crippen molar-refractivity contribution in [3.8, 4) is 6.07 Å². The second-order valence-electron chi connectivity index (χ2n) is 8.52. The summed E-state index contributed by atoms with van der Waals surface area (Å²) in [7, 11) is 0. The molecular formula is C24H32N4O2S2. The van der Waals surface area contributed by atoms with E-state index in [0.29, 0.717) is 21.3 Å². The van der Waals surface area contributed by atoms with E-state index >= 15 is 0 Å². The Bertz CT molecular complexity index is 1030. The highest BCUT2D eigenvalue weighted by Gasteiger charge is 2.35. The van der Waals surface area contributed by atoms with Gasteiger partial charge >= 0.3 is 0 Å². The van der Waals surface area contributed by atoms with E-state index in [1.54, 1.807) is 9.47 Å². The largest absolute Gasteiger partial charge is 0.357 e. The number of anilines is 1. The third-order valence-electron chi connectivity index (χ3n) is 6.37. The zero-order valence-corrected chi connectivity index (χ0v) is 21.1. The van der Waals surface area contributed by atoms with Gasteiger partial charge in [0, 0.05) is 31.2 Å². The first-order chi connectivity index (χ1) is 15.3. The molecule has 32 heavy (non-hydrogen) atoms. The molecule has 2 aliphatic heterocycles. The molecule has 1 aromatic rings. The van der Waals surface area contributed by atoms with Crippen LogP contribution in [0.4, 0.5) is 5.82 Å². The summed E-state index contributed by atoms with van der Waals surface area (Å²) in [6, 6.07) is 2.15. The molecule has 6 nitrogen and oxygen atoms in total. The zero-order chi connectivity index (χ0) is 23.4. The molecule has 2 saturated heterocycles. The van der Waals surface area contributed by atoms with E-state index in [1.165, 1.54) is 18.2 Å². The number of unbranched alkanes of at least 4 members (excludes halogenated alkanes) is 1. The van der Waals surface area contributed by atoms with Crippen molar-refractivity contribution in [2.45, 2.75) is 78.8 Å². The van der Waals surface area contributed by atoms with Gasteiger partial charge in [-0.2, -0.15) is 5.26 Å². The minimum atomic E-state index is -0.233. The number of carbonyl (C=O) groups excluding carboxylic acids is 1. The molecule has 0 spiro atoms. The average molecular weight is 473 g/mol. The fourth-order valence-electron chi connectivity index (χ4n) is 4.29. The maximum atomic E-state index is 13.3. The zero-order valence-electron chi connectivity index (χ0n) is 19.4. The molecule has 0 saturated carbocycles. The Hall–Kier alpha value is -2.11. The van der Waals surface area contributed by atoms with Gasteiger partial charge in [-0.3, -0.25) is 19.1 Å². The van der Waals surface area contributed by atoms with Crippen LogP contribution in [0.25, 0.3) is 6.08 Å². The second-order valence-corrected chi connectivity index (χ2v) is 10.2. The molecule has 0 aliphatic carbocycles. The van der Waals surface area contributed by atoms with Crippen LogP contribution in [0, 0.1) is 18.3 Å². The van der Waals surface area contributed by atoms with Crippen LogP contribution < -0.4 is 10.5 Å². The van der Waals surface area contributed by atoms with Crippen LogP contribution >= 0.6 is 24.0 Å². The Balaban J connectivity index is 2.23. The Morgan fingerprint density at radius 3 is 2.50 bits per heavy atom. The summed E-state index contributed by atoms with van der Waals surface area (Å²) in [5.41, 5.74) is 1.36. The van der Waals surface area contributed by atoms with Crippen LogP contribution in [0.1, 0.15) is 76.0 Å². The maximum Gasteiger partial charge on any atom is 0.270 e. The number of piperidine rings is 1. The van der Waals surface area contributed by atoms with E-state index in [4.69, 9.17) is 12.2 Å². The average Bonchev–Trinajstić information content (AvgIpc) is 3.07. The smallest absolute Gasteiger partial charge is 0.270 e. The third-order valence-corrected chi connectivity index (χ3v) is 7.70.